The smallest absolute Gasteiger partial charge is 0.126 e. The van der Waals surface area contributed by atoms with E-state index in [9.17, 15) is 0 Å². The van der Waals surface area contributed by atoms with Crippen molar-refractivity contribution in [3.05, 3.63) is 42.1 Å². The molecule has 1 aliphatic rings. The Hall–Kier alpha value is -1.92. The molecule has 136 valence electrons. The summed E-state index contributed by atoms with van der Waals surface area (Å²) in [7, 11) is 0. The summed E-state index contributed by atoms with van der Waals surface area (Å²) in [6, 6.07) is 6.13. The zero-order valence-electron chi connectivity index (χ0n) is 15.3. The molecular formula is C19H29N5O. The number of aromatic nitrogens is 3. The fraction of sp³-hybridized carbons (Fsp3) is 0.579. The van der Waals surface area contributed by atoms with Gasteiger partial charge in [-0.15, -0.1) is 0 Å². The van der Waals surface area contributed by atoms with Gasteiger partial charge in [-0.1, -0.05) is 19.9 Å². The topological polar surface area (TPSA) is 55.2 Å². The van der Waals surface area contributed by atoms with Gasteiger partial charge in [-0.25, -0.2) is 9.97 Å². The van der Waals surface area contributed by atoms with Crippen LogP contribution in [0.1, 0.15) is 44.3 Å². The highest BCUT2D eigenvalue weighted by Crippen LogP contribution is 2.23. The molecule has 0 unspecified atom stereocenters. The molecule has 0 bridgehead atoms. The second kappa shape index (κ2) is 8.97. The quantitative estimate of drug-likeness (QED) is 0.798. The first-order valence-electron chi connectivity index (χ1n) is 9.35. The number of aryl methyl sites for hydroxylation is 1. The van der Waals surface area contributed by atoms with Crippen LogP contribution in [0.3, 0.4) is 0 Å². The maximum atomic E-state index is 5.99. The molecule has 3 heterocycles. The standard InChI is InChI=1S/C19H29N5O/c1-3-8-20-18-7-5-6-16(22-18)17-14-23(12-13-25-17)15-19-21-9-11-24(19)10-4-2/h5-7,9,11,17H,3-4,8,10,12-15H2,1-2H3,(H,20,22)/t17-/m0/s1. The van der Waals surface area contributed by atoms with Gasteiger partial charge in [0.15, 0.2) is 0 Å². The summed E-state index contributed by atoms with van der Waals surface area (Å²) in [5.41, 5.74) is 1.00. The third-order valence-corrected chi connectivity index (χ3v) is 4.44. The highest BCUT2D eigenvalue weighted by Gasteiger charge is 2.24. The molecule has 0 amide bonds. The molecule has 0 aliphatic carbocycles. The predicted octanol–water partition coefficient (Wildman–Crippen LogP) is 3.08. The van der Waals surface area contributed by atoms with Crippen LogP contribution < -0.4 is 5.32 Å². The second-order valence-corrected chi connectivity index (χ2v) is 6.51. The number of anilines is 1. The molecule has 0 aromatic carbocycles. The van der Waals surface area contributed by atoms with Gasteiger partial charge in [0.1, 0.15) is 17.7 Å². The lowest BCUT2D eigenvalue weighted by Crippen LogP contribution is -2.38. The van der Waals surface area contributed by atoms with Crippen molar-refractivity contribution in [3.63, 3.8) is 0 Å². The Balaban J connectivity index is 1.63. The van der Waals surface area contributed by atoms with Gasteiger partial charge in [-0.2, -0.15) is 0 Å². The summed E-state index contributed by atoms with van der Waals surface area (Å²) in [6.07, 6.45) is 6.20. The van der Waals surface area contributed by atoms with E-state index in [1.54, 1.807) is 0 Å². The van der Waals surface area contributed by atoms with E-state index in [1.807, 2.05) is 12.3 Å². The molecule has 1 atom stereocenters. The van der Waals surface area contributed by atoms with Crippen LogP contribution in [0.2, 0.25) is 0 Å². The molecule has 2 aromatic heterocycles. The number of nitrogens with zero attached hydrogens (tertiary/aromatic N) is 4. The Morgan fingerprint density at radius 3 is 3.04 bits per heavy atom. The van der Waals surface area contributed by atoms with Crippen LogP contribution in [0.4, 0.5) is 5.82 Å². The average Bonchev–Trinajstić information content (AvgIpc) is 3.08. The van der Waals surface area contributed by atoms with Crippen molar-refractivity contribution in [1.29, 1.82) is 0 Å². The number of rotatable bonds is 8. The number of hydrogen-bond acceptors (Lipinski definition) is 5. The summed E-state index contributed by atoms with van der Waals surface area (Å²) in [6.45, 7) is 9.69. The molecular weight excluding hydrogens is 314 g/mol. The van der Waals surface area contributed by atoms with Gasteiger partial charge in [0.2, 0.25) is 0 Å². The average molecular weight is 343 g/mol. The molecule has 3 rings (SSSR count). The zero-order valence-corrected chi connectivity index (χ0v) is 15.3. The minimum Gasteiger partial charge on any atom is -0.370 e. The van der Waals surface area contributed by atoms with E-state index in [0.29, 0.717) is 0 Å². The normalized spacial score (nSPS) is 18.4. The lowest BCUT2D eigenvalue weighted by atomic mass is 10.2. The van der Waals surface area contributed by atoms with Crippen molar-refractivity contribution in [3.8, 4) is 0 Å². The SMILES string of the molecule is CCCNc1cccc([C@@H]2CN(Cc3nccn3CCC)CCO2)n1. The van der Waals surface area contributed by atoms with E-state index >= 15 is 0 Å². The van der Waals surface area contributed by atoms with Gasteiger partial charge in [0, 0.05) is 38.6 Å². The van der Waals surface area contributed by atoms with E-state index in [2.05, 4.69) is 51.9 Å². The molecule has 0 saturated carbocycles. The lowest BCUT2D eigenvalue weighted by Gasteiger charge is -2.32. The van der Waals surface area contributed by atoms with Crippen LogP contribution >= 0.6 is 0 Å². The van der Waals surface area contributed by atoms with Crippen LogP contribution in [0.15, 0.2) is 30.6 Å². The Morgan fingerprint density at radius 2 is 2.20 bits per heavy atom. The molecule has 0 spiro atoms. The first kappa shape index (κ1) is 17.9. The van der Waals surface area contributed by atoms with Crippen LogP contribution in [-0.2, 0) is 17.8 Å². The lowest BCUT2D eigenvalue weighted by molar-refractivity contribution is -0.0359. The van der Waals surface area contributed by atoms with Crippen molar-refractivity contribution in [2.45, 2.75) is 45.9 Å². The third kappa shape index (κ3) is 4.80. The van der Waals surface area contributed by atoms with Gasteiger partial charge in [-0.3, -0.25) is 4.90 Å². The molecule has 1 N–H and O–H groups in total. The van der Waals surface area contributed by atoms with E-state index < -0.39 is 0 Å². The second-order valence-electron chi connectivity index (χ2n) is 6.51. The number of pyridine rings is 1. The predicted molar refractivity (Wildman–Crippen MR) is 99.5 cm³/mol. The van der Waals surface area contributed by atoms with E-state index in [4.69, 9.17) is 9.72 Å². The van der Waals surface area contributed by atoms with Gasteiger partial charge >= 0.3 is 0 Å². The van der Waals surface area contributed by atoms with E-state index in [1.165, 1.54) is 0 Å². The summed E-state index contributed by atoms with van der Waals surface area (Å²) in [4.78, 5) is 11.7. The van der Waals surface area contributed by atoms with Gasteiger partial charge in [0.05, 0.1) is 18.8 Å². The Bertz CT molecular complexity index is 657. The molecule has 25 heavy (non-hydrogen) atoms. The van der Waals surface area contributed by atoms with Crippen LogP contribution in [0.25, 0.3) is 0 Å². The minimum atomic E-state index is 0.0201. The number of hydrogen-bond donors (Lipinski definition) is 1. The molecule has 1 aliphatic heterocycles. The summed E-state index contributed by atoms with van der Waals surface area (Å²) in [5, 5.41) is 3.35. The van der Waals surface area contributed by atoms with E-state index in [0.717, 1.165) is 69.5 Å². The number of ether oxygens (including phenoxy) is 1. The Morgan fingerprint density at radius 1 is 1.28 bits per heavy atom. The monoisotopic (exact) mass is 343 g/mol. The van der Waals surface area contributed by atoms with Gasteiger partial charge < -0.3 is 14.6 Å². The van der Waals surface area contributed by atoms with Crippen molar-refractivity contribution >= 4 is 5.82 Å². The number of morpholine rings is 1. The van der Waals surface area contributed by atoms with E-state index in [-0.39, 0.29) is 6.10 Å². The first-order chi connectivity index (χ1) is 12.3. The van der Waals surface area contributed by atoms with Crippen LogP contribution in [-0.4, -0.2) is 45.7 Å². The van der Waals surface area contributed by atoms with Gasteiger partial charge in [-0.05, 0) is 25.0 Å². The molecule has 1 fully saturated rings. The maximum Gasteiger partial charge on any atom is 0.126 e. The molecule has 1 saturated heterocycles. The van der Waals surface area contributed by atoms with Crippen molar-refractivity contribution < 1.29 is 4.74 Å². The van der Waals surface area contributed by atoms with Crippen molar-refractivity contribution in [2.75, 3.05) is 31.6 Å². The van der Waals surface area contributed by atoms with Gasteiger partial charge in [0.25, 0.3) is 0 Å². The maximum absolute atomic E-state index is 5.99. The Labute approximate surface area is 150 Å². The van der Waals surface area contributed by atoms with Crippen molar-refractivity contribution in [2.24, 2.45) is 0 Å². The first-order valence-corrected chi connectivity index (χ1v) is 9.35. The zero-order chi connectivity index (χ0) is 17.5. The largest absolute Gasteiger partial charge is 0.370 e. The summed E-state index contributed by atoms with van der Waals surface area (Å²) in [5.74, 6) is 2.06. The van der Waals surface area contributed by atoms with Crippen LogP contribution in [0.5, 0.6) is 0 Å². The van der Waals surface area contributed by atoms with Crippen LogP contribution in [0, 0.1) is 0 Å². The summed E-state index contributed by atoms with van der Waals surface area (Å²) >= 11 is 0. The molecule has 0 radical (unpaired) electrons. The molecule has 6 heteroatoms. The van der Waals surface area contributed by atoms with Crippen molar-refractivity contribution in [1.82, 2.24) is 19.4 Å². The molecule has 2 aromatic rings. The highest BCUT2D eigenvalue weighted by atomic mass is 16.5. The fourth-order valence-electron chi connectivity index (χ4n) is 3.14. The number of nitrogens with one attached hydrogen (secondary N) is 1. The Kier molecular flexibility index (Phi) is 6.42. The summed E-state index contributed by atoms with van der Waals surface area (Å²) < 4.78 is 8.24. The minimum absolute atomic E-state index is 0.0201. The third-order valence-electron chi connectivity index (χ3n) is 4.44. The molecule has 6 nitrogen and oxygen atoms in total. The fourth-order valence-corrected chi connectivity index (χ4v) is 3.14. The highest BCUT2D eigenvalue weighted by molar-refractivity contribution is 5.35. The number of imidazole rings is 1.